The number of hydrogen-bond acceptors (Lipinski definition) is 5. The molecule has 1 atom stereocenters. The zero-order valence-electron chi connectivity index (χ0n) is 12.2. The van der Waals surface area contributed by atoms with Crippen molar-refractivity contribution < 1.29 is 4.74 Å². The molecule has 1 aromatic heterocycles. The van der Waals surface area contributed by atoms with E-state index < -0.39 is 0 Å². The highest BCUT2D eigenvalue weighted by atomic mass is 16.5. The molecule has 0 N–H and O–H groups in total. The summed E-state index contributed by atoms with van der Waals surface area (Å²) >= 11 is 0. The Kier molecular flexibility index (Phi) is 3.05. The normalized spacial score (nSPS) is 23.3. The molecule has 1 spiro atoms. The Morgan fingerprint density at radius 2 is 2.14 bits per heavy atom. The van der Waals surface area contributed by atoms with Crippen LogP contribution in [-0.2, 0) is 16.8 Å². The highest BCUT2D eigenvalue weighted by molar-refractivity contribution is 5.44. The van der Waals surface area contributed by atoms with E-state index in [-0.39, 0.29) is 5.60 Å². The van der Waals surface area contributed by atoms with Crippen molar-refractivity contribution in [3.05, 3.63) is 53.5 Å². The molecule has 1 aromatic carbocycles. The molecule has 4 rings (SSSR count). The van der Waals surface area contributed by atoms with Crippen LogP contribution in [0.15, 0.2) is 36.7 Å². The van der Waals surface area contributed by atoms with Crippen LogP contribution in [0.25, 0.3) is 0 Å². The molecule has 0 amide bonds. The van der Waals surface area contributed by atoms with E-state index in [0.717, 1.165) is 31.7 Å². The Morgan fingerprint density at radius 3 is 2.95 bits per heavy atom. The Bertz CT molecular complexity index is 733. The molecule has 0 saturated carbocycles. The van der Waals surface area contributed by atoms with Gasteiger partial charge < -0.3 is 9.64 Å². The lowest BCUT2D eigenvalue weighted by molar-refractivity contribution is -0.0594. The van der Waals surface area contributed by atoms with Gasteiger partial charge in [0.25, 0.3) is 0 Å². The Hall–Kier alpha value is -2.45. The average Bonchev–Trinajstić information content (AvgIpc) is 2.94. The predicted molar refractivity (Wildman–Crippen MR) is 81.4 cm³/mol. The lowest BCUT2D eigenvalue weighted by Gasteiger charge is -2.41. The summed E-state index contributed by atoms with van der Waals surface area (Å²) in [7, 11) is 0. The van der Waals surface area contributed by atoms with Crippen LogP contribution >= 0.6 is 0 Å². The van der Waals surface area contributed by atoms with Gasteiger partial charge in [0.05, 0.1) is 25.5 Å². The number of anilines is 1. The van der Waals surface area contributed by atoms with Gasteiger partial charge in [0, 0.05) is 6.54 Å². The van der Waals surface area contributed by atoms with Gasteiger partial charge in [-0.2, -0.15) is 5.26 Å². The molecule has 2 aromatic rings. The number of hydrogen-bond donors (Lipinski definition) is 0. The topological polar surface area (TPSA) is 62.0 Å². The van der Waals surface area contributed by atoms with E-state index in [0.29, 0.717) is 12.3 Å². The Morgan fingerprint density at radius 1 is 1.23 bits per heavy atom. The Labute approximate surface area is 129 Å². The third-order valence-electron chi connectivity index (χ3n) is 4.57. The van der Waals surface area contributed by atoms with Crippen molar-refractivity contribution in [3.63, 3.8) is 0 Å². The number of nitrogens with zero attached hydrogens (tertiary/aromatic N) is 4. The highest BCUT2D eigenvalue weighted by Gasteiger charge is 2.43. The van der Waals surface area contributed by atoms with Gasteiger partial charge in [-0.25, -0.2) is 9.97 Å². The van der Waals surface area contributed by atoms with Crippen LogP contribution in [0.2, 0.25) is 0 Å². The summed E-state index contributed by atoms with van der Waals surface area (Å²) in [5.41, 5.74) is 2.80. The van der Waals surface area contributed by atoms with Crippen molar-refractivity contribution in [2.75, 3.05) is 24.6 Å². The lowest BCUT2D eigenvalue weighted by Crippen LogP contribution is -2.49. The first-order valence-electron chi connectivity index (χ1n) is 7.50. The van der Waals surface area contributed by atoms with E-state index in [1.54, 1.807) is 6.20 Å². The molecular weight excluding hydrogens is 276 g/mol. The molecule has 1 fully saturated rings. The fraction of sp³-hybridized carbons (Fsp3) is 0.353. The Balaban J connectivity index is 1.64. The number of aromatic nitrogens is 2. The standard InChI is InChI=1S/C17H16N4O/c18-9-14-10-20-16(11-19-14)21-7-8-22-17(12-21)6-5-13-3-1-2-4-15(13)17/h1-4,10-11H,5-8,12H2/t17-/m1/s1. The number of nitriles is 1. The molecule has 1 aliphatic carbocycles. The van der Waals surface area contributed by atoms with Gasteiger partial charge in [0.2, 0.25) is 0 Å². The van der Waals surface area contributed by atoms with Gasteiger partial charge in [-0.3, -0.25) is 0 Å². The molecule has 2 heterocycles. The van der Waals surface area contributed by atoms with Gasteiger partial charge in [-0.05, 0) is 24.0 Å². The summed E-state index contributed by atoms with van der Waals surface area (Å²) in [4.78, 5) is 10.7. The van der Waals surface area contributed by atoms with E-state index in [1.165, 1.54) is 17.3 Å². The number of morpholine rings is 1. The van der Waals surface area contributed by atoms with Crippen LogP contribution in [-0.4, -0.2) is 29.7 Å². The second-order valence-corrected chi connectivity index (χ2v) is 5.79. The maximum atomic E-state index is 8.83. The number of fused-ring (bicyclic) bond motifs is 2. The van der Waals surface area contributed by atoms with Crippen LogP contribution in [0.5, 0.6) is 0 Å². The van der Waals surface area contributed by atoms with Gasteiger partial charge in [-0.1, -0.05) is 24.3 Å². The highest BCUT2D eigenvalue weighted by Crippen LogP contribution is 2.42. The average molecular weight is 292 g/mol. The van der Waals surface area contributed by atoms with E-state index in [1.807, 2.05) is 6.07 Å². The first-order valence-corrected chi connectivity index (χ1v) is 7.50. The third-order valence-corrected chi connectivity index (χ3v) is 4.57. The summed E-state index contributed by atoms with van der Waals surface area (Å²) in [5, 5.41) is 8.83. The minimum atomic E-state index is -0.232. The van der Waals surface area contributed by atoms with Gasteiger partial charge in [0.15, 0.2) is 5.69 Å². The molecule has 0 radical (unpaired) electrons. The van der Waals surface area contributed by atoms with Crippen molar-refractivity contribution >= 4 is 5.82 Å². The van der Waals surface area contributed by atoms with Crippen LogP contribution in [0.4, 0.5) is 5.82 Å². The van der Waals surface area contributed by atoms with Crippen molar-refractivity contribution in [1.29, 1.82) is 5.26 Å². The summed E-state index contributed by atoms with van der Waals surface area (Å²) in [5.74, 6) is 0.811. The summed E-state index contributed by atoms with van der Waals surface area (Å²) < 4.78 is 6.21. The van der Waals surface area contributed by atoms with Crippen molar-refractivity contribution in [2.45, 2.75) is 18.4 Å². The van der Waals surface area contributed by atoms with Crippen LogP contribution in [0, 0.1) is 11.3 Å². The van der Waals surface area contributed by atoms with Gasteiger partial charge in [0.1, 0.15) is 17.5 Å². The molecule has 22 heavy (non-hydrogen) atoms. The molecule has 2 aliphatic rings. The molecule has 0 unspecified atom stereocenters. The van der Waals surface area contributed by atoms with E-state index in [4.69, 9.17) is 10.00 Å². The maximum Gasteiger partial charge on any atom is 0.158 e. The second kappa shape index (κ2) is 5.08. The SMILES string of the molecule is N#Cc1cnc(N2CCO[C@]3(CCc4ccccc43)C2)cn1. The molecule has 0 bridgehead atoms. The summed E-state index contributed by atoms with van der Waals surface area (Å²) in [6.07, 6.45) is 5.27. The maximum absolute atomic E-state index is 8.83. The first-order chi connectivity index (χ1) is 10.8. The summed E-state index contributed by atoms with van der Waals surface area (Å²) in [6, 6.07) is 10.5. The van der Waals surface area contributed by atoms with Gasteiger partial charge in [-0.15, -0.1) is 0 Å². The quantitative estimate of drug-likeness (QED) is 0.804. The van der Waals surface area contributed by atoms with E-state index >= 15 is 0 Å². The van der Waals surface area contributed by atoms with Crippen molar-refractivity contribution in [1.82, 2.24) is 9.97 Å². The second-order valence-electron chi connectivity index (χ2n) is 5.79. The minimum absolute atomic E-state index is 0.232. The fourth-order valence-corrected chi connectivity index (χ4v) is 3.49. The molecule has 1 aliphatic heterocycles. The number of ether oxygens (including phenoxy) is 1. The third kappa shape index (κ3) is 2.04. The largest absolute Gasteiger partial charge is 0.367 e. The van der Waals surface area contributed by atoms with E-state index in [9.17, 15) is 0 Å². The van der Waals surface area contributed by atoms with Gasteiger partial charge >= 0.3 is 0 Å². The van der Waals surface area contributed by atoms with Crippen LogP contribution in [0.3, 0.4) is 0 Å². The number of benzene rings is 1. The fourth-order valence-electron chi connectivity index (χ4n) is 3.49. The van der Waals surface area contributed by atoms with Crippen molar-refractivity contribution in [2.24, 2.45) is 0 Å². The first kappa shape index (κ1) is 13.2. The number of rotatable bonds is 1. The van der Waals surface area contributed by atoms with Crippen LogP contribution in [0.1, 0.15) is 23.2 Å². The van der Waals surface area contributed by atoms with E-state index in [2.05, 4.69) is 39.1 Å². The number of aryl methyl sites for hydroxylation is 1. The molecule has 5 nitrogen and oxygen atoms in total. The molecular formula is C17H16N4O. The van der Waals surface area contributed by atoms with Crippen molar-refractivity contribution in [3.8, 4) is 6.07 Å². The van der Waals surface area contributed by atoms with Crippen LogP contribution < -0.4 is 4.90 Å². The zero-order chi connectivity index (χ0) is 15.0. The minimum Gasteiger partial charge on any atom is -0.367 e. The smallest absolute Gasteiger partial charge is 0.158 e. The summed E-state index contributed by atoms with van der Waals surface area (Å²) in [6.45, 7) is 2.26. The zero-order valence-corrected chi connectivity index (χ0v) is 12.2. The molecule has 1 saturated heterocycles. The predicted octanol–water partition coefficient (Wildman–Crippen LogP) is 2.03. The monoisotopic (exact) mass is 292 g/mol. The lowest BCUT2D eigenvalue weighted by atomic mass is 9.93. The molecule has 5 heteroatoms. The molecule has 110 valence electrons.